The molecule has 0 saturated carbocycles. The normalized spacial score (nSPS) is 9.50. The minimum Gasteiger partial charge on any atom is -0.478 e. The standard InChI is InChI=1S/C12H7N3O3/c13-5-8-1-2-15-11(3-8)18-10-4-9(12(16)17)6-14-7-10/h1-4,6-7H,(H,16,17). The number of nitriles is 1. The second-order valence-electron chi connectivity index (χ2n) is 3.31. The predicted molar refractivity (Wildman–Crippen MR) is 60.2 cm³/mol. The van der Waals surface area contributed by atoms with E-state index < -0.39 is 5.97 Å². The summed E-state index contributed by atoms with van der Waals surface area (Å²) in [5.41, 5.74) is 0.422. The van der Waals surface area contributed by atoms with Crippen molar-refractivity contribution in [3.05, 3.63) is 47.9 Å². The molecule has 6 heteroatoms. The van der Waals surface area contributed by atoms with E-state index in [0.29, 0.717) is 5.56 Å². The number of aromatic nitrogens is 2. The monoisotopic (exact) mass is 241 g/mol. The highest BCUT2D eigenvalue weighted by Crippen LogP contribution is 2.19. The lowest BCUT2D eigenvalue weighted by Gasteiger charge is -2.04. The molecule has 2 rings (SSSR count). The van der Waals surface area contributed by atoms with Crippen molar-refractivity contribution in [1.82, 2.24) is 9.97 Å². The Morgan fingerprint density at radius 2 is 2.22 bits per heavy atom. The molecule has 18 heavy (non-hydrogen) atoms. The first kappa shape index (κ1) is 11.5. The van der Waals surface area contributed by atoms with Crippen LogP contribution in [-0.4, -0.2) is 21.0 Å². The lowest BCUT2D eigenvalue weighted by Crippen LogP contribution is -1.98. The van der Waals surface area contributed by atoms with Crippen LogP contribution in [0.2, 0.25) is 0 Å². The fraction of sp³-hybridized carbons (Fsp3) is 0. The van der Waals surface area contributed by atoms with Gasteiger partial charge in [0.1, 0.15) is 5.75 Å². The molecule has 6 nitrogen and oxygen atoms in total. The van der Waals surface area contributed by atoms with Crippen LogP contribution in [0.1, 0.15) is 15.9 Å². The summed E-state index contributed by atoms with van der Waals surface area (Å²) in [7, 11) is 0. The molecule has 88 valence electrons. The van der Waals surface area contributed by atoms with Crippen LogP contribution < -0.4 is 4.74 Å². The molecule has 2 heterocycles. The van der Waals surface area contributed by atoms with Crippen molar-refractivity contribution in [1.29, 1.82) is 5.26 Å². The van der Waals surface area contributed by atoms with Gasteiger partial charge in [0.25, 0.3) is 0 Å². The van der Waals surface area contributed by atoms with E-state index in [-0.39, 0.29) is 17.2 Å². The SMILES string of the molecule is N#Cc1ccnc(Oc2cncc(C(=O)O)c2)c1. The highest BCUT2D eigenvalue weighted by molar-refractivity contribution is 5.87. The van der Waals surface area contributed by atoms with Crippen LogP contribution in [0.25, 0.3) is 0 Å². The lowest BCUT2D eigenvalue weighted by molar-refractivity contribution is 0.0696. The quantitative estimate of drug-likeness (QED) is 0.880. The molecule has 0 unspecified atom stereocenters. The van der Waals surface area contributed by atoms with Gasteiger partial charge in [-0.1, -0.05) is 0 Å². The van der Waals surface area contributed by atoms with Gasteiger partial charge in [-0.05, 0) is 12.1 Å². The fourth-order valence-corrected chi connectivity index (χ4v) is 1.25. The number of ether oxygens (including phenoxy) is 1. The summed E-state index contributed by atoms with van der Waals surface area (Å²) in [6.07, 6.45) is 4.02. The fourth-order valence-electron chi connectivity index (χ4n) is 1.25. The van der Waals surface area contributed by atoms with Crippen LogP contribution in [0.15, 0.2) is 36.8 Å². The van der Waals surface area contributed by atoms with E-state index in [9.17, 15) is 4.79 Å². The maximum Gasteiger partial charge on any atom is 0.337 e. The molecular weight excluding hydrogens is 234 g/mol. The van der Waals surface area contributed by atoms with Gasteiger partial charge in [0.15, 0.2) is 0 Å². The van der Waals surface area contributed by atoms with Crippen LogP contribution in [0.3, 0.4) is 0 Å². The number of aromatic carboxylic acids is 1. The zero-order valence-corrected chi connectivity index (χ0v) is 9.07. The zero-order chi connectivity index (χ0) is 13.0. The summed E-state index contributed by atoms with van der Waals surface area (Å²) < 4.78 is 5.32. The number of carboxylic acids is 1. The number of nitrogens with zero attached hydrogens (tertiary/aromatic N) is 3. The van der Waals surface area contributed by atoms with E-state index in [2.05, 4.69) is 9.97 Å². The molecule has 1 N–H and O–H groups in total. The predicted octanol–water partition coefficient (Wildman–Crippen LogP) is 1.84. The molecule has 0 aromatic carbocycles. The Labute approximate surface area is 102 Å². The summed E-state index contributed by atoms with van der Waals surface area (Å²) in [5, 5.41) is 17.5. The first-order chi connectivity index (χ1) is 8.69. The Kier molecular flexibility index (Phi) is 3.16. The molecule has 2 aromatic heterocycles. The number of hydrogen-bond donors (Lipinski definition) is 1. The third-order valence-corrected chi connectivity index (χ3v) is 2.05. The van der Waals surface area contributed by atoms with Gasteiger partial charge in [-0.2, -0.15) is 5.26 Å². The molecule has 0 aliphatic heterocycles. The topological polar surface area (TPSA) is 96.1 Å². The number of carboxylic acid groups (broad SMARTS) is 1. The van der Waals surface area contributed by atoms with Gasteiger partial charge in [0.2, 0.25) is 5.88 Å². The maximum absolute atomic E-state index is 10.8. The van der Waals surface area contributed by atoms with Gasteiger partial charge in [-0.15, -0.1) is 0 Å². The Balaban J connectivity index is 2.26. The van der Waals surface area contributed by atoms with Gasteiger partial charge in [0, 0.05) is 18.5 Å². The number of carbonyl (C=O) groups is 1. The van der Waals surface area contributed by atoms with Gasteiger partial charge in [0.05, 0.1) is 23.4 Å². The molecular formula is C12H7N3O3. The van der Waals surface area contributed by atoms with E-state index in [1.165, 1.54) is 30.7 Å². The molecule has 0 atom stereocenters. The van der Waals surface area contributed by atoms with Crippen molar-refractivity contribution >= 4 is 5.97 Å². The molecule has 0 saturated heterocycles. The third kappa shape index (κ3) is 2.59. The second kappa shape index (κ2) is 4.93. The van der Waals surface area contributed by atoms with Crippen LogP contribution in [0.4, 0.5) is 0 Å². The average molecular weight is 241 g/mol. The summed E-state index contributed by atoms with van der Waals surface area (Å²) in [4.78, 5) is 18.4. The third-order valence-electron chi connectivity index (χ3n) is 2.05. The molecule has 0 aliphatic rings. The highest BCUT2D eigenvalue weighted by atomic mass is 16.5. The summed E-state index contributed by atoms with van der Waals surface area (Å²) in [6.45, 7) is 0. The van der Waals surface area contributed by atoms with Crippen molar-refractivity contribution in [2.24, 2.45) is 0 Å². The van der Waals surface area contributed by atoms with Crippen molar-refractivity contribution < 1.29 is 14.6 Å². The summed E-state index contributed by atoms with van der Waals surface area (Å²) in [6, 6.07) is 6.27. The second-order valence-corrected chi connectivity index (χ2v) is 3.31. The van der Waals surface area contributed by atoms with Crippen molar-refractivity contribution in [3.8, 4) is 17.7 Å². The zero-order valence-electron chi connectivity index (χ0n) is 9.07. The van der Waals surface area contributed by atoms with Gasteiger partial charge in [-0.25, -0.2) is 9.78 Å². The van der Waals surface area contributed by atoms with Crippen LogP contribution >= 0.6 is 0 Å². The first-order valence-electron chi connectivity index (χ1n) is 4.91. The Morgan fingerprint density at radius 1 is 1.39 bits per heavy atom. The molecule has 0 aliphatic carbocycles. The van der Waals surface area contributed by atoms with Crippen LogP contribution in [0, 0.1) is 11.3 Å². The first-order valence-corrected chi connectivity index (χ1v) is 4.91. The number of pyridine rings is 2. The average Bonchev–Trinajstić information content (AvgIpc) is 2.39. The smallest absolute Gasteiger partial charge is 0.337 e. The molecule has 0 amide bonds. The molecule has 0 fully saturated rings. The lowest BCUT2D eigenvalue weighted by atomic mass is 10.3. The van der Waals surface area contributed by atoms with Crippen molar-refractivity contribution in [3.63, 3.8) is 0 Å². The van der Waals surface area contributed by atoms with E-state index in [1.807, 2.05) is 6.07 Å². The van der Waals surface area contributed by atoms with Crippen LogP contribution in [0.5, 0.6) is 11.6 Å². The van der Waals surface area contributed by atoms with Gasteiger partial charge in [-0.3, -0.25) is 4.98 Å². The Bertz CT molecular complexity index is 634. The Morgan fingerprint density at radius 3 is 2.94 bits per heavy atom. The molecule has 0 spiro atoms. The van der Waals surface area contributed by atoms with Gasteiger partial charge >= 0.3 is 5.97 Å². The molecule has 0 bridgehead atoms. The number of hydrogen-bond acceptors (Lipinski definition) is 5. The van der Waals surface area contributed by atoms with E-state index in [0.717, 1.165) is 0 Å². The minimum atomic E-state index is -1.09. The summed E-state index contributed by atoms with van der Waals surface area (Å²) >= 11 is 0. The minimum absolute atomic E-state index is 0.0175. The van der Waals surface area contributed by atoms with E-state index in [4.69, 9.17) is 15.1 Å². The summed E-state index contributed by atoms with van der Waals surface area (Å²) in [5.74, 6) is -0.637. The van der Waals surface area contributed by atoms with Crippen molar-refractivity contribution in [2.45, 2.75) is 0 Å². The maximum atomic E-state index is 10.8. The van der Waals surface area contributed by atoms with Crippen LogP contribution in [-0.2, 0) is 0 Å². The van der Waals surface area contributed by atoms with Gasteiger partial charge < -0.3 is 9.84 Å². The Hall–Kier alpha value is -2.94. The van der Waals surface area contributed by atoms with Crippen molar-refractivity contribution in [2.75, 3.05) is 0 Å². The largest absolute Gasteiger partial charge is 0.478 e. The number of rotatable bonds is 3. The van der Waals surface area contributed by atoms with E-state index >= 15 is 0 Å². The molecule has 0 radical (unpaired) electrons. The molecule has 2 aromatic rings. The van der Waals surface area contributed by atoms with E-state index in [1.54, 1.807) is 6.07 Å². The highest BCUT2D eigenvalue weighted by Gasteiger charge is 2.06.